The first-order valence-electron chi connectivity index (χ1n) is 5.49. The van der Waals surface area contributed by atoms with Gasteiger partial charge in [-0.1, -0.05) is 12.1 Å². The van der Waals surface area contributed by atoms with Crippen LogP contribution in [0, 0.1) is 0 Å². The van der Waals surface area contributed by atoms with E-state index in [1.165, 1.54) is 11.3 Å². The Morgan fingerprint density at radius 2 is 2.00 bits per heavy atom. The summed E-state index contributed by atoms with van der Waals surface area (Å²) in [5.41, 5.74) is 7.20. The lowest BCUT2D eigenvalue weighted by Gasteiger charge is -2.12. The Bertz CT molecular complexity index is 349. The summed E-state index contributed by atoms with van der Waals surface area (Å²) in [7, 11) is 4.02. The molecule has 0 saturated carbocycles. The second-order valence-corrected chi connectivity index (χ2v) is 3.91. The van der Waals surface area contributed by atoms with Crippen molar-refractivity contribution < 1.29 is 9.53 Å². The van der Waals surface area contributed by atoms with Gasteiger partial charge in [-0.2, -0.15) is 0 Å². The summed E-state index contributed by atoms with van der Waals surface area (Å²) >= 11 is 0. The molecule has 0 fully saturated rings. The summed E-state index contributed by atoms with van der Waals surface area (Å²) in [6, 6.07) is 8.27. The molecule has 0 heterocycles. The third-order valence-corrected chi connectivity index (χ3v) is 2.31. The van der Waals surface area contributed by atoms with Crippen molar-refractivity contribution in [3.8, 4) is 0 Å². The Balaban J connectivity index is 2.25. The van der Waals surface area contributed by atoms with Crippen LogP contribution in [0.15, 0.2) is 24.3 Å². The topological polar surface area (TPSA) is 67.6 Å². The molecule has 0 aromatic heterocycles. The van der Waals surface area contributed by atoms with Crippen LogP contribution in [0.25, 0.3) is 0 Å². The first kappa shape index (κ1) is 13.3. The number of hydrogen-bond donors (Lipinski definition) is 2. The van der Waals surface area contributed by atoms with Crippen molar-refractivity contribution in [2.45, 2.75) is 6.54 Å². The molecule has 0 bridgehead atoms. The molecule has 0 radical (unpaired) electrons. The number of ether oxygens (including phenoxy) is 1. The molecule has 0 saturated heterocycles. The van der Waals surface area contributed by atoms with Gasteiger partial charge in [0.05, 0.1) is 0 Å². The zero-order valence-electron chi connectivity index (χ0n) is 10.3. The van der Waals surface area contributed by atoms with Crippen LogP contribution in [0.5, 0.6) is 0 Å². The second-order valence-electron chi connectivity index (χ2n) is 3.91. The number of nitrogens with one attached hydrogen (secondary N) is 1. The van der Waals surface area contributed by atoms with E-state index in [4.69, 9.17) is 5.73 Å². The number of nitrogens with two attached hydrogens (primary N) is 1. The van der Waals surface area contributed by atoms with Gasteiger partial charge < -0.3 is 20.7 Å². The van der Waals surface area contributed by atoms with Crippen LogP contribution >= 0.6 is 0 Å². The number of rotatable bonds is 6. The van der Waals surface area contributed by atoms with Crippen molar-refractivity contribution in [3.63, 3.8) is 0 Å². The van der Waals surface area contributed by atoms with Crippen LogP contribution < -0.4 is 16.0 Å². The van der Waals surface area contributed by atoms with E-state index in [-0.39, 0.29) is 0 Å². The van der Waals surface area contributed by atoms with Crippen LogP contribution in [0.1, 0.15) is 5.56 Å². The first-order valence-corrected chi connectivity index (χ1v) is 5.49. The van der Waals surface area contributed by atoms with Crippen molar-refractivity contribution in [3.05, 3.63) is 29.8 Å². The van der Waals surface area contributed by atoms with E-state index >= 15 is 0 Å². The maximum Gasteiger partial charge on any atom is 0.404 e. The maximum absolute atomic E-state index is 10.3. The molecule has 94 valence electrons. The predicted molar refractivity (Wildman–Crippen MR) is 68.0 cm³/mol. The van der Waals surface area contributed by atoms with Crippen LogP contribution in [0.3, 0.4) is 0 Å². The van der Waals surface area contributed by atoms with Crippen LogP contribution in [0.2, 0.25) is 0 Å². The Hall–Kier alpha value is -1.75. The lowest BCUT2D eigenvalue weighted by atomic mass is 10.2. The van der Waals surface area contributed by atoms with Gasteiger partial charge in [-0.25, -0.2) is 4.79 Å². The van der Waals surface area contributed by atoms with Gasteiger partial charge in [0.1, 0.15) is 6.61 Å². The van der Waals surface area contributed by atoms with Crippen molar-refractivity contribution in [2.24, 2.45) is 5.73 Å². The molecule has 1 aromatic rings. The number of carbonyl (C=O) groups is 1. The van der Waals surface area contributed by atoms with E-state index < -0.39 is 6.09 Å². The van der Waals surface area contributed by atoms with E-state index in [0.717, 1.165) is 6.54 Å². The number of anilines is 1. The van der Waals surface area contributed by atoms with E-state index in [1.54, 1.807) is 0 Å². The summed E-state index contributed by atoms with van der Waals surface area (Å²) < 4.78 is 4.60. The van der Waals surface area contributed by atoms with E-state index in [1.807, 2.05) is 14.1 Å². The molecular weight excluding hydrogens is 218 g/mol. The van der Waals surface area contributed by atoms with Gasteiger partial charge in [-0.05, 0) is 17.7 Å². The van der Waals surface area contributed by atoms with Gasteiger partial charge in [0.15, 0.2) is 0 Å². The lowest BCUT2D eigenvalue weighted by molar-refractivity contribution is 0.157. The van der Waals surface area contributed by atoms with Crippen LogP contribution in [-0.4, -0.2) is 33.3 Å². The van der Waals surface area contributed by atoms with Crippen molar-refractivity contribution in [2.75, 3.05) is 32.1 Å². The fourth-order valence-corrected chi connectivity index (χ4v) is 1.37. The van der Waals surface area contributed by atoms with Gasteiger partial charge in [-0.3, -0.25) is 0 Å². The normalized spacial score (nSPS) is 10.0. The molecule has 0 spiro atoms. The highest BCUT2D eigenvalue weighted by atomic mass is 16.5. The molecule has 0 unspecified atom stereocenters. The molecule has 1 amide bonds. The average Bonchev–Trinajstić information content (AvgIpc) is 2.29. The lowest BCUT2D eigenvalue weighted by Crippen LogP contribution is -2.23. The van der Waals surface area contributed by atoms with E-state index in [2.05, 4.69) is 39.2 Å². The van der Waals surface area contributed by atoms with Gasteiger partial charge >= 0.3 is 6.09 Å². The first-order chi connectivity index (χ1) is 8.09. The van der Waals surface area contributed by atoms with E-state index in [9.17, 15) is 4.79 Å². The molecule has 5 heteroatoms. The SMILES string of the molecule is CN(C)c1ccc(CNCCOC(N)=O)cc1. The summed E-state index contributed by atoms with van der Waals surface area (Å²) in [4.78, 5) is 12.4. The summed E-state index contributed by atoms with van der Waals surface area (Å²) in [5.74, 6) is 0. The Morgan fingerprint density at radius 1 is 1.35 bits per heavy atom. The molecule has 0 aliphatic carbocycles. The molecule has 17 heavy (non-hydrogen) atoms. The number of benzene rings is 1. The minimum Gasteiger partial charge on any atom is -0.448 e. The maximum atomic E-state index is 10.3. The number of carbonyl (C=O) groups excluding carboxylic acids is 1. The number of primary amides is 1. The highest BCUT2D eigenvalue weighted by molar-refractivity contribution is 5.64. The molecule has 3 N–H and O–H groups in total. The quantitative estimate of drug-likeness (QED) is 0.722. The van der Waals surface area contributed by atoms with E-state index in [0.29, 0.717) is 13.2 Å². The molecule has 1 aromatic carbocycles. The smallest absolute Gasteiger partial charge is 0.404 e. The Labute approximate surface area is 102 Å². The minimum absolute atomic E-state index is 0.297. The monoisotopic (exact) mass is 237 g/mol. The molecular formula is C12H19N3O2. The van der Waals surface area contributed by atoms with Crippen molar-refractivity contribution >= 4 is 11.8 Å². The molecule has 0 atom stereocenters. The Morgan fingerprint density at radius 3 is 2.53 bits per heavy atom. The Kier molecular flexibility index (Phi) is 5.29. The number of hydrogen-bond acceptors (Lipinski definition) is 4. The van der Waals surface area contributed by atoms with Gasteiger partial charge in [0.25, 0.3) is 0 Å². The van der Waals surface area contributed by atoms with Crippen LogP contribution in [-0.2, 0) is 11.3 Å². The second kappa shape index (κ2) is 6.75. The van der Waals surface area contributed by atoms with Gasteiger partial charge in [-0.15, -0.1) is 0 Å². The highest BCUT2D eigenvalue weighted by Gasteiger charge is 1.97. The summed E-state index contributed by atoms with van der Waals surface area (Å²) in [6.45, 7) is 1.64. The standard InChI is InChI=1S/C12H19N3O2/c1-15(2)11-5-3-10(4-6-11)9-14-7-8-17-12(13)16/h3-6,14H,7-9H2,1-2H3,(H2,13,16). The zero-order valence-corrected chi connectivity index (χ0v) is 10.3. The highest BCUT2D eigenvalue weighted by Crippen LogP contribution is 2.11. The molecule has 0 aliphatic rings. The van der Waals surface area contributed by atoms with Gasteiger partial charge in [0.2, 0.25) is 0 Å². The predicted octanol–water partition coefficient (Wildman–Crippen LogP) is 0.938. The zero-order chi connectivity index (χ0) is 12.7. The van der Waals surface area contributed by atoms with Gasteiger partial charge in [0, 0.05) is 32.9 Å². The largest absolute Gasteiger partial charge is 0.448 e. The minimum atomic E-state index is -0.734. The van der Waals surface area contributed by atoms with Crippen molar-refractivity contribution in [1.82, 2.24) is 5.32 Å². The number of nitrogens with zero attached hydrogens (tertiary/aromatic N) is 1. The van der Waals surface area contributed by atoms with Crippen LogP contribution in [0.4, 0.5) is 10.5 Å². The average molecular weight is 237 g/mol. The van der Waals surface area contributed by atoms with Crippen molar-refractivity contribution in [1.29, 1.82) is 0 Å². The molecule has 0 aliphatic heterocycles. The third kappa shape index (κ3) is 5.21. The fourth-order valence-electron chi connectivity index (χ4n) is 1.37. The fraction of sp³-hybridized carbons (Fsp3) is 0.417. The summed E-state index contributed by atoms with van der Waals surface area (Å²) in [5, 5.41) is 3.16. The number of amides is 1. The summed E-state index contributed by atoms with van der Waals surface area (Å²) in [6.07, 6.45) is -0.734. The molecule has 5 nitrogen and oxygen atoms in total. The molecule has 1 rings (SSSR count). The third-order valence-electron chi connectivity index (χ3n) is 2.31.